The molecule has 2 amide bonds. The molecule has 0 aliphatic rings. The molecule has 4 aromatic rings. The van der Waals surface area contributed by atoms with Crippen molar-refractivity contribution in [1.29, 1.82) is 0 Å². The van der Waals surface area contributed by atoms with Crippen LogP contribution in [0.15, 0.2) is 66.0 Å². The number of thiophene rings is 1. The molecule has 0 bridgehead atoms. The van der Waals surface area contributed by atoms with Crippen molar-refractivity contribution < 1.29 is 9.59 Å². The second-order valence-electron chi connectivity index (χ2n) is 6.60. The van der Waals surface area contributed by atoms with Crippen LogP contribution in [0.4, 0.5) is 5.69 Å². The molecule has 0 unspecified atom stereocenters. The van der Waals surface area contributed by atoms with Gasteiger partial charge in [-0.05, 0) is 42.1 Å². The Morgan fingerprint density at radius 1 is 1.07 bits per heavy atom. The first-order valence-electron chi connectivity index (χ1n) is 9.15. The van der Waals surface area contributed by atoms with Crippen molar-refractivity contribution in [3.8, 4) is 0 Å². The minimum atomic E-state index is -0.689. The molecule has 0 spiro atoms. The van der Waals surface area contributed by atoms with E-state index in [-0.39, 0.29) is 11.8 Å². The van der Waals surface area contributed by atoms with Gasteiger partial charge in [0.05, 0.1) is 20.1 Å². The van der Waals surface area contributed by atoms with Crippen molar-refractivity contribution in [2.24, 2.45) is 0 Å². The minimum absolute atomic E-state index is 0.246. The number of benzene rings is 2. The molecule has 1 atom stereocenters. The molecule has 0 saturated carbocycles. The highest BCUT2D eigenvalue weighted by atomic mass is 32.1. The summed E-state index contributed by atoms with van der Waals surface area (Å²) in [5.41, 5.74) is 2.58. The number of thiazole rings is 1. The van der Waals surface area contributed by atoms with Crippen LogP contribution in [0.25, 0.3) is 10.2 Å². The van der Waals surface area contributed by atoms with Gasteiger partial charge in [-0.1, -0.05) is 36.4 Å². The van der Waals surface area contributed by atoms with Crippen molar-refractivity contribution in [2.75, 3.05) is 5.32 Å². The van der Waals surface area contributed by atoms with Crippen LogP contribution in [0.2, 0.25) is 0 Å². The topological polar surface area (TPSA) is 71.1 Å². The molecule has 0 aliphatic carbocycles. The van der Waals surface area contributed by atoms with Gasteiger partial charge in [-0.3, -0.25) is 9.59 Å². The van der Waals surface area contributed by atoms with Crippen LogP contribution in [0.3, 0.4) is 0 Å². The summed E-state index contributed by atoms with van der Waals surface area (Å²) in [6.07, 6.45) is 0.408. The number of carbonyl (C=O) groups is 2. The zero-order chi connectivity index (χ0) is 20.2. The predicted molar refractivity (Wildman–Crippen MR) is 119 cm³/mol. The number of hydrogen-bond donors (Lipinski definition) is 2. The van der Waals surface area contributed by atoms with Gasteiger partial charge in [-0.2, -0.15) is 0 Å². The van der Waals surface area contributed by atoms with Crippen molar-refractivity contribution in [2.45, 2.75) is 19.4 Å². The van der Waals surface area contributed by atoms with Gasteiger partial charge in [0, 0.05) is 12.1 Å². The van der Waals surface area contributed by atoms with E-state index in [0.717, 1.165) is 20.8 Å². The van der Waals surface area contributed by atoms with Gasteiger partial charge >= 0.3 is 0 Å². The van der Waals surface area contributed by atoms with Crippen molar-refractivity contribution in [3.05, 3.63) is 81.5 Å². The van der Waals surface area contributed by atoms with Crippen LogP contribution >= 0.6 is 22.7 Å². The van der Waals surface area contributed by atoms with E-state index in [4.69, 9.17) is 0 Å². The second kappa shape index (κ2) is 8.55. The van der Waals surface area contributed by atoms with Crippen LogP contribution in [-0.2, 0) is 11.2 Å². The van der Waals surface area contributed by atoms with Crippen LogP contribution in [0.1, 0.15) is 20.2 Å². The maximum Gasteiger partial charge on any atom is 0.262 e. The number of hydrogen-bond acceptors (Lipinski definition) is 5. The van der Waals surface area contributed by atoms with Crippen molar-refractivity contribution >= 4 is 50.4 Å². The van der Waals surface area contributed by atoms with Crippen molar-refractivity contribution in [3.63, 3.8) is 0 Å². The third-order valence-corrected chi connectivity index (χ3v) is 6.21. The van der Waals surface area contributed by atoms with Gasteiger partial charge in [-0.25, -0.2) is 4.98 Å². The highest BCUT2D eigenvalue weighted by Gasteiger charge is 2.22. The summed E-state index contributed by atoms with van der Waals surface area (Å²) in [6.45, 7) is 1.96. The predicted octanol–water partition coefficient (Wildman–Crippen LogP) is 4.65. The lowest BCUT2D eigenvalue weighted by Gasteiger charge is -2.18. The Kier molecular flexibility index (Phi) is 5.69. The molecule has 4 rings (SSSR count). The Bertz CT molecular complexity index is 1140. The van der Waals surface area contributed by atoms with Gasteiger partial charge in [0.1, 0.15) is 6.04 Å². The fourth-order valence-corrected chi connectivity index (χ4v) is 4.54. The third-order valence-electron chi connectivity index (χ3n) is 4.41. The lowest BCUT2D eigenvalue weighted by atomic mass is 10.0. The van der Waals surface area contributed by atoms with E-state index < -0.39 is 6.04 Å². The molecule has 0 aliphatic heterocycles. The molecule has 29 heavy (non-hydrogen) atoms. The van der Waals surface area contributed by atoms with Gasteiger partial charge in [0.15, 0.2) is 0 Å². The fraction of sp³-hybridized carbons (Fsp3) is 0.136. The summed E-state index contributed by atoms with van der Waals surface area (Å²) in [6, 6.07) is 18.2. The summed E-state index contributed by atoms with van der Waals surface area (Å²) >= 11 is 2.93. The Hall–Kier alpha value is -3.03. The van der Waals surface area contributed by atoms with E-state index in [1.165, 1.54) is 11.3 Å². The Morgan fingerprint density at radius 2 is 1.90 bits per heavy atom. The molecule has 2 aromatic heterocycles. The highest BCUT2D eigenvalue weighted by molar-refractivity contribution is 7.18. The first-order chi connectivity index (χ1) is 14.1. The maximum absolute atomic E-state index is 13.0. The lowest BCUT2D eigenvalue weighted by molar-refractivity contribution is -0.118. The summed E-state index contributed by atoms with van der Waals surface area (Å²) in [5, 5.41) is 8.64. The molecule has 2 N–H and O–H groups in total. The molecule has 0 fully saturated rings. The van der Waals surface area contributed by atoms with E-state index in [1.54, 1.807) is 17.4 Å². The number of amides is 2. The molecule has 2 heterocycles. The first-order valence-corrected chi connectivity index (χ1v) is 10.8. The van der Waals surface area contributed by atoms with Crippen LogP contribution in [0, 0.1) is 6.92 Å². The zero-order valence-electron chi connectivity index (χ0n) is 15.7. The monoisotopic (exact) mass is 421 g/mol. The Labute approximate surface area is 176 Å². The van der Waals surface area contributed by atoms with Gasteiger partial charge in [-0.15, -0.1) is 22.7 Å². The number of aromatic nitrogens is 1. The SMILES string of the molecule is Cc1nc2ccc(NC(=O)[C@H](Cc3ccccc3)NC(=O)c3cccs3)cc2s1. The molecule has 0 saturated heterocycles. The molecular formula is C22H19N3O2S2. The number of anilines is 1. The summed E-state index contributed by atoms with van der Waals surface area (Å²) in [5.74, 6) is -0.496. The average molecular weight is 422 g/mol. The minimum Gasteiger partial charge on any atom is -0.339 e. The van der Waals surface area contributed by atoms with E-state index in [9.17, 15) is 9.59 Å². The average Bonchev–Trinajstić information content (AvgIpc) is 3.37. The number of carbonyl (C=O) groups excluding carboxylic acids is 2. The largest absolute Gasteiger partial charge is 0.339 e. The third kappa shape index (κ3) is 4.70. The van der Waals surface area contributed by atoms with Gasteiger partial charge in [0.2, 0.25) is 5.91 Å². The zero-order valence-corrected chi connectivity index (χ0v) is 17.3. The van der Waals surface area contributed by atoms with E-state index in [1.807, 2.05) is 66.9 Å². The normalized spacial score (nSPS) is 11.9. The van der Waals surface area contributed by atoms with E-state index >= 15 is 0 Å². The molecule has 2 aromatic carbocycles. The first kappa shape index (κ1) is 19.3. The molecule has 7 heteroatoms. The van der Waals surface area contributed by atoms with Gasteiger partial charge < -0.3 is 10.6 Å². The number of aryl methyl sites for hydroxylation is 1. The summed E-state index contributed by atoms with van der Waals surface area (Å²) < 4.78 is 1.02. The van der Waals surface area contributed by atoms with E-state index in [0.29, 0.717) is 17.0 Å². The molecule has 146 valence electrons. The number of nitrogens with one attached hydrogen (secondary N) is 2. The number of rotatable bonds is 6. The van der Waals surface area contributed by atoms with Gasteiger partial charge in [0.25, 0.3) is 5.91 Å². The highest BCUT2D eigenvalue weighted by Crippen LogP contribution is 2.25. The smallest absolute Gasteiger partial charge is 0.262 e. The van der Waals surface area contributed by atoms with Crippen LogP contribution in [0.5, 0.6) is 0 Å². The summed E-state index contributed by atoms with van der Waals surface area (Å²) in [7, 11) is 0. The van der Waals surface area contributed by atoms with Crippen LogP contribution < -0.4 is 10.6 Å². The second-order valence-corrected chi connectivity index (χ2v) is 8.78. The molecule has 0 radical (unpaired) electrons. The number of nitrogens with zero attached hydrogens (tertiary/aromatic N) is 1. The fourth-order valence-electron chi connectivity index (χ4n) is 3.04. The van der Waals surface area contributed by atoms with Crippen molar-refractivity contribution in [1.82, 2.24) is 10.3 Å². The standard InChI is InChI=1S/C22H19N3O2S2/c1-14-23-17-10-9-16(13-20(17)29-14)24-21(26)18(12-15-6-3-2-4-7-15)25-22(27)19-8-5-11-28-19/h2-11,13,18H,12H2,1H3,(H,24,26)(H,25,27)/t18-/m0/s1. The summed E-state index contributed by atoms with van der Waals surface area (Å²) in [4.78, 5) is 30.6. The van der Waals surface area contributed by atoms with E-state index in [2.05, 4.69) is 15.6 Å². The van der Waals surface area contributed by atoms with Crippen LogP contribution in [-0.4, -0.2) is 22.8 Å². The molecular weight excluding hydrogens is 402 g/mol. The quantitative estimate of drug-likeness (QED) is 0.476. The Morgan fingerprint density at radius 3 is 2.66 bits per heavy atom. The number of fused-ring (bicyclic) bond motifs is 1. The molecule has 5 nitrogen and oxygen atoms in total. The lowest BCUT2D eigenvalue weighted by Crippen LogP contribution is -2.45. The maximum atomic E-state index is 13.0. The Balaban J connectivity index is 1.54.